The lowest BCUT2D eigenvalue weighted by molar-refractivity contribution is -0.156. The van der Waals surface area contributed by atoms with Crippen LogP contribution >= 0.6 is 0 Å². The van der Waals surface area contributed by atoms with Crippen molar-refractivity contribution in [3.8, 4) is 0 Å². The van der Waals surface area contributed by atoms with E-state index in [1.54, 1.807) is 34.6 Å². The molecule has 6 aliphatic heterocycles. The predicted molar refractivity (Wildman–Crippen MR) is 347 cm³/mol. The topological polar surface area (TPSA) is 287 Å². The van der Waals surface area contributed by atoms with Crippen molar-refractivity contribution in [1.82, 2.24) is 64.9 Å². The number of likely N-dealkylation sites (N-methyl/N-ethyl adjacent to an activating group) is 7. The number of carbonyl (C=O) groups excluding carboxylic acids is 11. The number of hydrogen-bond donors (Lipinski definition) is 3. The highest BCUT2D eigenvalue weighted by molar-refractivity contribution is 6.02. The van der Waals surface area contributed by atoms with Gasteiger partial charge in [0.05, 0.1) is 31.9 Å². The van der Waals surface area contributed by atoms with E-state index >= 15 is 24.0 Å². The highest BCUT2D eigenvalue weighted by Crippen LogP contribution is 2.37. The number of urea groups is 1. The first kappa shape index (κ1) is 76.2. The number of aliphatic imine (C=N–C) groups is 1. The van der Waals surface area contributed by atoms with Gasteiger partial charge in [-0.25, -0.2) is 4.79 Å². The van der Waals surface area contributed by atoms with Crippen LogP contribution in [-0.4, -0.2) is 300 Å². The second kappa shape index (κ2) is 33.1. The van der Waals surface area contributed by atoms with E-state index < -0.39 is 150 Å². The molecule has 4 unspecified atom stereocenters. The van der Waals surface area contributed by atoms with Crippen LogP contribution in [0.3, 0.4) is 0 Å². The Morgan fingerprint density at radius 2 is 0.978 bits per heavy atom. The van der Waals surface area contributed by atoms with Gasteiger partial charge >= 0.3 is 6.03 Å². The second-order valence-electron chi connectivity index (χ2n) is 28.2. The van der Waals surface area contributed by atoms with Crippen LogP contribution in [0, 0.1) is 29.6 Å². The molecule has 520 valence electrons. The lowest BCUT2D eigenvalue weighted by Gasteiger charge is -2.40. The van der Waals surface area contributed by atoms with Crippen LogP contribution < -0.4 is 16.0 Å². The van der Waals surface area contributed by atoms with Gasteiger partial charge in [0, 0.05) is 88.5 Å². The second-order valence-corrected chi connectivity index (χ2v) is 28.2. The van der Waals surface area contributed by atoms with Crippen molar-refractivity contribution in [1.29, 1.82) is 0 Å². The largest absolute Gasteiger partial charge is 0.379 e. The van der Waals surface area contributed by atoms with Gasteiger partial charge in [-0.15, -0.1) is 0 Å². The summed E-state index contributed by atoms with van der Waals surface area (Å²) < 4.78 is 12.6. The maximum Gasteiger partial charge on any atom is 0.324 e. The number of rotatable bonds is 15. The number of amidine groups is 1. The number of ether oxygens (including phenoxy) is 2. The molecule has 0 spiro atoms. The molecule has 92 heavy (non-hydrogen) atoms. The quantitative estimate of drug-likeness (QED) is 0.196. The maximum atomic E-state index is 15.7. The van der Waals surface area contributed by atoms with Gasteiger partial charge in [-0.05, 0) is 82.5 Å². The standard InChI is InChI=1S/C65H112N14O13/c1-22-44-59(84)70(15)42(13)58(83)71(16)47(32-37(4)5)57(82)68-51(40(10)11)62(87)72(17)46(31-36(2)3)56(81)67-41(12)55(80)69-65(90)74(19)49(34-39(8)9)60(85)73(18)48(33-38(6)7)61(86)75(20)52-43(14)92-54-45(79(44)64(89)53(54)76(21)63(52)88)35-50-66-23-24-78(50)26-25-77-27-29-91-30-28-77/h36-49,51-54H,22-35H2,1-21H3,(H,67,81)(H,68,82)(H,69,80,90)/t41-,42-,43?,44?,45-,46-,47+,48?,49-,51?,52+,53+,54-/m1/s1. The Kier molecular flexibility index (Phi) is 27.4. The van der Waals surface area contributed by atoms with E-state index in [1.807, 2.05) is 55.4 Å². The van der Waals surface area contributed by atoms with Gasteiger partial charge in [-0.3, -0.25) is 63.2 Å². The number of fused-ring (bicyclic) bond motifs is 27. The van der Waals surface area contributed by atoms with Crippen LogP contribution in [-0.2, 0) is 57.4 Å². The van der Waals surface area contributed by atoms with Gasteiger partial charge in [0.25, 0.3) is 0 Å². The molecule has 6 aliphatic rings. The van der Waals surface area contributed by atoms with Crippen molar-refractivity contribution in [2.45, 2.75) is 214 Å². The summed E-state index contributed by atoms with van der Waals surface area (Å²) in [5.41, 5.74) is 0. The van der Waals surface area contributed by atoms with Crippen LogP contribution in [0.15, 0.2) is 4.99 Å². The normalized spacial score (nSPS) is 30.3. The first-order valence-corrected chi connectivity index (χ1v) is 33.3. The van der Waals surface area contributed by atoms with Gasteiger partial charge in [-0.2, -0.15) is 0 Å². The molecule has 5 saturated heterocycles. The van der Waals surface area contributed by atoms with Gasteiger partial charge in [0.1, 0.15) is 72.4 Å². The minimum absolute atomic E-state index is 0.0815. The Hall–Kier alpha value is -6.48. The summed E-state index contributed by atoms with van der Waals surface area (Å²) in [5.74, 6) is -7.02. The summed E-state index contributed by atoms with van der Waals surface area (Å²) in [6.07, 6.45) is -1.41. The van der Waals surface area contributed by atoms with Gasteiger partial charge in [0.2, 0.25) is 59.1 Å². The number of hydrogen-bond acceptors (Lipinski definition) is 16. The molecule has 0 aromatic rings. The third kappa shape index (κ3) is 17.8. The number of morpholine rings is 1. The number of imide groups is 1. The smallest absolute Gasteiger partial charge is 0.324 e. The van der Waals surface area contributed by atoms with Crippen LogP contribution in [0.4, 0.5) is 4.79 Å². The number of nitrogens with zero attached hydrogens (tertiary/aromatic N) is 11. The fraction of sp³-hybridized carbons (Fsp3) is 0.815. The first-order chi connectivity index (χ1) is 43.0. The van der Waals surface area contributed by atoms with Crippen molar-refractivity contribution < 1.29 is 62.2 Å². The van der Waals surface area contributed by atoms with E-state index in [0.717, 1.165) is 24.5 Å². The molecule has 0 aromatic carbocycles. The molecule has 0 radical (unpaired) electrons. The molecule has 13 atom stereocenters. The van der Waals surface area contributed by atoms with E-state index in [9.17, 15) is 28.8 Å². The van der Waals surface area contributed by atoms with Crippen molar-refractivity contribution in [2.75, 3.05) is 102 Å². The third-order valence-electron chi connectivity index (χ3n) is 19.1. The highest BCUT2D eigenvalue weighted by atomic mass is 16.5. The molecule has 6 heterocycles. The highest BCUT2D eigenvalue weighted by Gasteiger charge is 2.59. The van der Waals surface area contributed by atoms with Crippen molar-refractivity contribution in [2.24, 2.45) is 34.6 Å². The zero-order valence-electron chi connectivity index (χ0n) is 59.0. The lowest BCUT2D eigenvalue weighted by atomic mass is 9.96. The molecule has 27 nitrogen and oxygen atoms in total. The number of nitrogens with one attached hydrogen (secondary N) is 3. The molecule has 0 aromatic heterocycles. The van der Waals surface area contributed by atoms with Crippen LogP contribution in [0.5, 0.6) is 0 Å². The maximum absolute atomic E-state index is 15.7. The molecule has 0 saturated carbocycles. The Morgan fingerprint density at radius 3 is 1.51 bits per heavy atom. The van der Waals surface area contributed by atoms with E-state index in [0.29, 0.717) is 38.7 Å². The Morgan fingerprint density at radius 1 is 0.500 bits per heavy atom. The fourth-order valence-corrected chi connectivity index (χ4v) is 13.3. The van der Waals surface area contributed by atoms with Crippen molar-refractivity contribution >= 4 is 70.9 Å². The van der Waals surface area contributed by atoms with Crippen LogP contribution in [0.2, 0.25) is 0 Å². The molecule has 5 fully saturated rings. The molecule has 6 rings (SSSR count). The summed E-state index contributed by atoms with van der Waals surface area (Å²) in [4.78, 5) is 183. The Balaban J connectivity index is 1.66. The van der Waals surface area contributed by atoms with Gasteiger partial charge in [0.15, 0.2) is 0 Å². The minimum Gasteiger partial charge on any atom is -0.379 e. The third-order valence-corrected chi connectivity index (χ3v) is 19.1. The SMILES string of the molecule is CCC1C(=O)N(C)[C@H](C)C(=O)N(C)[C@@H](CC(C)C)C(=O)NC(C(C)C)C(=O)N(C)[C@H](CC(C)C)C(=O)N[C@H](C)C(=O)NC(=O)N(C)[C@H](CC(C)C)C(=O)N(C)C(CC(C)C)C(=O)N(C)[C@@H]2C(=O)N(C)[C@@H]3C(=O)N1[C@H](CC1=NCCN1CCN1CCOCC1)[C@H]3OC2C. The molecular weight excluding hydrogens is 1180 g/mol. The summed E-state index contributed by atoms with van der Waals surface area (Å²) in [6.45, 7) is 30.0. The molecule has 27 heteroatoms. The van der Waals surface area contributed by atoms with Crippen molar-refractivity contribution in [3.05, 3.63) is 0 Å². The average Bonchev–Trinajstić information content (AvgIpc) is 1.59. The molecular formula is C65H112N14O13. The average molecular weight is 1300 g/mol. The monoisotopic (exact) mass is 1300 g/mol. The lowest BCUT2D eigenvalue weighted by Crippen LogP contribution is -2.62. The fourth-order valence-electron chi connectivity index (χ4n) is 13.3. The van der Waals surface area contributed by atoms with E-state index in [4.69, 9.17) is 14.5 Å². The summed E-state index contributed by atoms with van der Waals surface area (Å²) in [7, 11) is 10.1. The number of carbonyl (C=O) groups is 11. The zero-order chi connectivity index (χ0) is 69.2. The van der Waals surface area contributed by atoms with E-state index in [2.05, 4.69) is 25.8 Å². The Labute approximate surface area is 546 Å². The van der Waals surface area contributed by atoms with Gasteiger partial charge in [-0.1, -0.05) is 76.2 Å². The van der Waals surface area contributed by atoms with Gasteiger partial charge < -0.3 is 64.2 Å². The van der Waals surface area contributed by atoms with E-state index in [1.165, 1.54) is 90.6 Å². The first-order valence-electron chi connectivity index (χ1n) is 33.3. The molecule has 3 N–H and O–H groups in total. The summed E-state index contributed by atoms with van der Waals surface area (Å²) in [6, 6.07) is -14.2. The Bertz CT molecular complexity index is 2680. The summed E-state index contributed by atoms with van der Waals surface area (Å²) in [5, 5.41) is 7.90. The molecule has 4 bridgehead atoms. The van der Waals surface area contributed by atoms with Crippen molar-refractivity contribution in [3.63, 3.8) is 0 Å². The summed E-state index contributed by atoms with van der Waals surface area (Å²) >= 11 is 0. The van der Waals surface area contributed by atoms with E-state index in [-0.39, 0.29) is 62.2 Å². The molecule has 12 amide bonds. The predicted octanol–water partition coefficient (Wildman–Crippen LogP) is 1.56. The minimum atomic E-state index is -1.34. The zero-order valence-corrected chi connectivity index (χ0v) is 59.0. The van der Waals surface area contributed by atoms with Crippen LogP contribution in [0.25, 0.3) is 0 Å². The molecule has 0 aliphatic carbocycles. The number of amides is 12. The van der Waals surface area contributed by atoms with Crippen LogP contribution in [0.1, 0.15) is 135 Å².